The zero-order chi connectivity index (χ0) is 16.4. The van der Waals surface area contributed by atoms with Gasteiger partial charge in [0.2, 0.25) is 0 Å². The number of rotatable bonds is 4. The van der Waals surface area contributed by atoms with Crippen LogP contribution >= 0.6 is 11.3 Å². The molecule has 4 nitrogen and oxygen atoms in total. The van der Waals surface area contributed by atoms with E-state index in [0.29, 0.717) is 0 Å². The molecule has 0 spiro atoms. The molecule has 2 aromatic heterocycles. The molecule has 5 heteroatoms. The Kier molecular flexibility index (Phi) is 4.56. The fourth-order valence-electron chi connectivity index (χ4n) is 3.22. The van der Waals surface area contributed by atoms with Crippen LogP contribution in [0, 0.1) is 0 Å². The van der Waals surface area contributed by atoms with Crippen LogP contribution in [0.25, 0.3) is 20.7 Å². The smallest absolute Gasteiger partial charge is 0.116 e. The Labute approximate surface area is 146 Å². The first kappa shape index (κ1) is 15.7. The lowest BCUT2D eigenvalue weighted by atomic mass is 10.1. The molecule has 0 bridgehead atoms. The van der Waals surface area contributed by atoms with Gasteiger partial charge in [-0.05, 0) is 23.7 Å². The minimum absolute atomic E-state index is 1.03. The number of hydrogen-bond acceptors (Lipinski definition) is 5. The highest BCUT2D eigenvalue weighted by Gasteiger charge is 2.15. The molecule has 1 aliphatic heterocycles. The van der Waals surface area contributed by atoms with Crippen LogP contribution in [0.3, 0.4) is 0 Å². The molecule has 3 heterocycles. The monoisotopic (exact) mass is 338 g/mol. The van der Waals surface area contributed by atoms with Gasteiger partial charge in [0.05, 0.1) is 10.2 Å². The summed E-state index contributed by atoms with van der Waals surface area (Å²) in [4.78, 5) is 14.8. The first-order valence-electron chi connectivity index (χ1n) is 8.55. The van der Waals surface area contributed by atoms with Crippen molar-refractivity contribution in [2.75, 3.05) is 32.7 Å². The molecule has 0 unspecified atom stereocenters. The molecule has 4 rings (SSSR count). The van der Waals surface area contributed by atoms with E-state index in [2.05, 4.69) is 57.0 Å². The summed E-state index contributed by atoms with van der Waals surface area (Å²) in [6.07, 6.45) is 3.50. The molecule has 1 fully saturated rings. The molecule has 0 N–H and O–H groups in total. The highest BCUT2D eigenvalue weighted by molar-refractivity contribution is 7.22. The average molecular weight is 338 g/mol. The third-order valence-electron chi connectivity index (χ3n) is 4.75. The molecule has 24 heavy (non-hydrogen) atoms. The van der Waals surface area contributed by atoms with Gasteiger partial charge in [-0.1, -0.05) is 31.2 Å². The van der Waals surface area contributed by atoms with Crippen LogP contribution in [0.15, 0.2) is 42.9 Å². The summed E-state index contributed by atoms with van der Waals surface area (Å²) in [6, 6.07) is 11.1. The lowest BCUT2D eigenvalue weighted by Crippen LogP contribution is -2.45. The van der Waals surface area contributed by atoms with Gasteiger partial charge in [0.15, 0.2) is 0 Å². The van der Waals surface area contributed by atoms with Gasteiger partial charge >= 0.3 is 0 Å². The van der Waals surface area contributed by atoms with Gasteiger partial charge in [0, 0.05) is 43.8 Å². The molecule has 0 radical (unpaired) electrons. The molecule has 0 amide bonds. The molecule has 1 aliphatic rings. The summed E-state index contributed by atoms with van der Waals surface area (Å²) in [5.74, 6) is 0. The predicted octanol–water partition coefficient (Wildman–Crippen LogP) is 3.50. The molecular formula is C19H22N4S. The van der Waals surface area contributed by atoms with E-state index in [-0.39, 0.29) is 0 Å². The molecule has 1 saturated heterocycles. The van der Waals surface area contributed by atoms with Crippen molar-refractivity contribution < 1.29 is 0 Å². The fraction of sp³-hybridized carbons (Fsp3) is 0.368. The van der Waals surface area contributed by atoms with Crippen molar-refractivity contribution in [1.82, 2.24) is 19.8 Å². The quantitative estimate of drug-likeness (QED) is 0.729. The van der Waals surface area contributed by atoms with Gasteiger partial charge < -0.3 is 4.90 Å². The number of piperazine rings is 1. The van der Waals surface area contributed by atoms with E-state index in [1.54, 1.807) is 17.7 Å². The minimum atomic E-state index is 1.03. The maximum Gasteiger partial charge on any atom is 0.116 e. The van der Waals surface area contributed by atoms with E-state index in [0.717, 1.165) is 16.8 Å². The lowest BCUT2D eigenvalue weighted by Gasteiger charge is -2.34. The van der Waals surface area contributed by atoms with Crippen molar-refractivity contribution >= 4 is 21.6 Å². The highest BCUT2D eigenvalue weighted by Crippen LogP contribution is 2.32. The van der Waals surface area contributed by atoms with Crippen molar-refractivity contribution in [3.8, 4) is 10.4 Å². The fourth-order valence-corrected chi connectivity index (χ4v) is 4.22. The van der Waals surface area contributed by atoms with Crippen molar-refractivity contribution in [2.45, 2.75) is 13.5 Å². The Morgan fingerprint density at radius 3 is 2.50 bits per heavy atom. The van der Waals surface area contributed by atoms with E-state index in [1.165, 1.54) is 48.7 Å². The maximum atomic E-state index is 4.32. The second kappa shape index (κ2) is 6.97. The summed E-state index contributed by atoms with van der Waals surface area (Å²) in [7, 11) is 0. The molecular weight excluding hydrogens is 316 g/mol. The molecule has 0 aliphatic carbocycles. The topological polar surface area (TPSA) is 32.3 Å². The van der Waals surface area contributed by atoms with Crippen molar-refractivity contribution in [1.29, 1.82) is 0 Å². The first-order chi connectivity index (χ1) is 11.8. The number of fused-ring (bicyclic) bond motifs is 1. The maximum absolute atomic E-state index is 4.32. The number of aromatic nitrogens is 2. The molecule has 0 saturated carbocycles. The van der Waals surface area contributed by atoms with Crippen LogP contribution in [0.5, 0.6) is 0 Å². The molecule has 0 atom stereocenters. The number of benzene rings is 1. The number of likely N-dealkylation sites (N-methyl/N-ethyl adjacent to an activating group) is 1. The summed E-state index contributed by atoms with van der Waals surface area (Å²) in [5, 5.41) is 0. The zero-order valence-electron chi connectivity index (χ0n) is 14.0. The SMILES string of the molecule is CCN1CCN(Cc2ccc(-c3cc4ncncc4s3)cc2)CC1. The van der Waals surface area contributed by atoms with Crippen LogP contribution < -0.4 is 0 Å². The average Bonchev–Trinajstić information content (AvgIpc) is 3.07. The number of thiophene rings is 1. The summed E-state index contributed by atoms with van der Waals surface area (Å²) < 4.78 is 1.14. The Bertz CT molecular complexity index is 771. The van der Waals surface area contributed by atoms with Crippen molar-refractivity contribution in [2.24, 2.45) is 0 Å². The largest absolute Gasteiger partial charge is 0.301 e. The van der Waals surface area contributed by atoms with Gasteiger partial charge in [0.1, 0.15) is 6.33 Å². The van der Waals surface area contributed by atoms with E-state index < -0.39 is 0 Å². The normalized spacial score (nSPS) is 16.7. The van der Waals surface area contributed by atoms with Gasteiger partial charge in [-0.2, -0.15) is 0 Å². The Morgan fingerprint density at radius 1 is 1.04 bits per heavy atom. The lowest BCUT2D eigenvalue weighted by molar-refractivity contribution is 0.132. The minimum Gasteiger partial charge on any atom is -0.301 e. The Morgan fingerprint density at radius 2 is 1.79 bits per heavy atom. The second-order valence-corrected chi connectivity index (χ2v) is 7.37. The van der Waals surface area contributed by atoms with Crippen LogP contribution in [0.4, 0.5) is 0 Å². The molecule has 1 aromatic carbocycles. The number of nitrogens with zero attached hydrogens (tertiary/aromatic N) is 4. The van der Waals surface area contributed by atoms with Crippen molar-refractivity contribution in [3.05, 3.63) is 48.4 Å². The van der Waals surface area contributed by atoms with Gasteiger partial charge in [-0.25, -0.2) is 9.97 Å². The van der Waals surface area contributed by atoms with E-state index >= 15 is 0 Å². The third-order valence-corrected chi connectivity index (χ3v) is 5.86. The van der Waals surface area contributed by atoms with Crippen LogP contribution in [0.1, 0.15) is 12.5 Å². The van der Waals surface area contributed by atoms with Crippen LogP contribution in [-0.2, 0) is 6.54 Å². The first-order valence-corrected chi connectivity index (χ1v) is 9.37. The zero-order valence-corrected chi connectivity index (χ0v) is 14.8. The van der Waals surface area contributed by atoms with Crippen molar-refractivity contribution in [3.63, 3.8) is 0 Å². The van der Waals surface area contributed by atoms with E-state index in [9.17, 15) is 0 Å². The standard InChI is InChI=1S/C19H22N4S/c1-2-22-7-9-23(10-8-22)13-15-3-5-16(6-4-15)18-11-17-19(24-18)12-20-14-21-17/h3-6,11-12,14H,2,7-10,13H2,1H3. The van der Waals surface area contributed by atoms with Gasteiger partial charge in [-0.15, -0.1) is 11.3 Å². The summed E-state index contributed by atoms with van der Waals surface area (Å²) in [5.41, 5.74) is 3.69. The Hall–Kier alpha value is -1.82. The van der Waals surface area contributed by atoms with Crippen LogP contribution in [-0.4, -0.2) is 52.5 Å². The molecule has 3 aromatic rings. The molecule has 124 valence electrons. The van der Waals surface area contributed by atoms with E-state index in [4.69, 9.17) is 0 Å². The number of hydrogen-bond donors (Lipinski definition) is 0. The third kappa shape index (κ3) is 3.34. The Balaban J connectivity index is 1.45. The predicted molar refractivity (Wildman–Crippen MR) is 100 cm³/mol. The summed E-state index contributed by atoms with van der Waals surface area (Å²) in [6.45, 7) is 9.19. The van der Waals surface area contributed by atoms with Crippen LogP contribution in [0.2, 0.25) is 0 Å². The van der Waals surface area contributed by atoms with E-state index in [1.807, 2.05) is 6.20 Å². The van der Waals surface area contributed by atoms with Gasteiger partial charge in [0.25, 0.3) is 0 Å². The highest BCUT2D eigenvalue weighted by atomic mass is 32.1. The summed E-state index contributed by atoms with van der Waals surface area (Å²) >= 11 is 1.75. The second-order valence-electron chi connectivity index (χ2n) is 6.29. The van der Waals surface area contributed by atoms with Gasteiger partial charge in [-0.3, -0.25) is 4.90 Å².